The van der Waals surface area contributed by atoms with Gasteiger partial charge in [-0.15, -0.1) is 0 Å². The van der Waals surface area contributed by atoms with Gasteiger partial charge in [0.25, 0.3) is 0 Å². The van der Waals surface area contributed by atoms with Gasteiger partial charge in [0.05, 0.1) is 19.7 Å². The van der Waals surface area contributed by atoms with E-state index in [0.29, 0.717) is 0 Å². The average Bonchev–Trinajstić information content (AvgIpc) is 2.41. The lowest BCUT2D eigenvalue weighted by Crippen LogP contribution is -2.64. The lowest BCUT2D eigenvalue weighted by Gasteiger charge is -2.42. The van der Waals surface area contributed by atoms with Crippen LogP contribution in [0.4, 0.5) is 0 Å². The molecular formula is C14H18N2O6. The van der Waals surface area contributed by atoms with Gasteiger partial charge in [-0.1, -0.05) is 6.07 Å². The molecule has 0 radical (unpaired) electrons. The molecule has 8 nitrogen and oxygen atoms in total. The van der Waals surface area contributed by atoms with E-state index >= 15 is 0 Å². The number of aliphatic hydroxyl groups is 1. The Hall–Kier alpha value is -2.32. The molecule has 1 saturated heterocycles. The van der Waals surface area contributed by atoms with E-state index in [0.717, 1.165) is 0 Å². The zero-order chi connectivity index (χ0) is 16.5. The summed E-state index contributed by atoms with van der Waals surface area (Å²) in [6.07, 6.45) is -0.390. The average molecular weight is 310 g/mol. The third-order valence-electron chi connectivity index (χ3n) is 3.46. The number of amides is 1. The molecule has 1 aliphatic heterocycles. The summed E-state index contributed by atoms with van der Waals surface area (Å²) in [6, 6.07) is 4.17. The van der Waals surface area contributed by atoms with Crippen molar-refractivity contribution < 1.29 is 29.6 Å². The lowest BCUT2D eigenvalue weighted by molar-refractivity contribution is -0.146. The molecule has 1 fully saturated rings. The van der Waals surface area contributed by atoms with Gasteiger partial charge in [-0.05, 0) is 19.1 Å². The Morgan fingerprint density at radius 1 is 1.45 bits per heavy atom. The highest BCUT2D eigenvalue weighted by Gasteiger charge is 2.40. The smallest absolute Gasteiger partial charge is 0.343 e. The topological polar surface area (TPSA) is 133 Å². The molecule has 8 heteroatoms. The van der Waals surface area contributed by atoms with Crippen LogP contribution in [0.15, 0.2) is 18.2 Å². The quantitative estimate of drug-likeness (QED) is 0.570. The first-order valence-electron chi connectivity index (χ1n) is 6.67. The van der Waals surface area contributed by atoms with E-state index in [9.17, 15) is 14.7 Å². The van der Waals surface area contributed by atoms with Crippen molar-refractivity contribution in [3.05, 3.63) is 23.8 Å². The zero-order valence-electron chi connectivity index (χ0n) is 12.0. The van der Waals surface area contributed by atoms with E-state index in [1.54, 1.807) is 0 Å². The first-order chi connectivity index (χ1) is 10.3. The number of carboxylic acid groups (broad SMARTS) is 1. The molecule has 0 aromatic heterocycles. The number of aromatic carboxylic acids is 1. The number of ether oxygens (including phenoxy) is 1. The van der Waals surface area contributed by atoms with Crippen molar-refractivity contribution >= 4 is 11.9 Å². The number of nitrogens with zero attached hydrogens (tertiary/aromatic N) is 1. The normalized spacial score (nSPS) is 17.5. The summed E-state index contributed by atoms with van der Waals surface area (Å²) >= 11 is 0. The molecule has 5 N–H and O–H groups in total. The maximum Gasteiger partial charge on any atom is 0.343 e. The molecule has 0 saturated carbocycles. The Kier molecular flexibility index (Phi) is 4.25. The van der Waals surface area contributed by atoms with Gasteiger partial charge >= 0.3 is 5.97 Å². The molecule has 120 valence electrons. The number of hydrogen-bond donors (Lipinski definition) is 4. The number of hydrogen-bond acceptors (Lipinski definition) is 6. The summed E-state index contributed by atoms with van der Waals surface area (Å²) in [7, 11) is 0. The number of rotatable bonds is 5. The van der Waals surface area contributed by atoms with Crippen LogP contribution in [0.3, 0.4) is 0 Å². The van der Waals surface area contributed by atoms with E-state index in [-0.39, 0.29) is 30.2 Å². The highest BCUT2D eigenvalue weighted by molar-refractivity contribution is 5.94. The summed E-state index contributed by atoms with van der Waals surface area (Å²) in [4.78, 5) is 24.5. The van der Waals surface area contributed by atoms with E-state index in [1.807, 2.05) is 0 Å². The third kappa shape index (κ3) is 2.97. The van der Waals surface area contributed by atoms with Gasteiger partial charge in [0.15, 0.2) is 0 Å². The van der Waals surface area contributed by atoms with Gasteiger partial charge in [0, 0.05) is 0 Å². The maximum atomic E-state index is 12.0. The standard InChI is InChI=1S/C14H18N2O6/c1-14(15,7-17)13(21)16-5-8(6-16)22-10-4-2-3-9(18)11(10)12(19)20/h2-4,8,17-18H,5-7,15H2,1H3,(H,19,20)/t14-/m1/s1. The molecule has 0 spiro atoms. The first-order valence-corrected chi connectivity index (χ1v) is 6.67. The van der Waals surface area contributed by atoms with E-state index in [2.05, 4.69) is 0 Å². The van der Waals surface area contributed by atoms with Crippen molar-refractivity contribution in [2.75, 3.05) is 19.7 Å². The third-order valence-corrected chi connectivity index (χ3v) is 3.46. The fourth-order valence-corrected chi connectivity index (χ4v) is 2.12. The first kappa shape index (κ1) is 16.1. The number of phenols is 1. The molecule has 0 unspecified atom stereocenters. The van der Waals surface area contributed by atoms with Crippen LogP contribution in [0.5, 0.6) is 11.5 Å². The highest BCUT2D eigenvalue weighted by atomic mass is 16.5. The van der Waals surface area contributed by atoms with Gasteiger partial charge in [0.2, 0.25) is 5.91 Å². The van der Waals surface area contributed by atoms with Gasteiger partial charge in [0.1, 0.15) is 28.7 Å². The van der Waals surface area contributed by atoms with Crippen LogP contribution in [0.25, 0.3) is 0 Å². The number of benzene rings is 1. The summed E-state index contributed by atoms with van der Waals surface area (Å²) in [6.45, 7) is 1.44. The molecule has 1 heterocycles. The Balaban J connectivity index is 2.01. The maximum absolute atomic E-state index is 12.0. The molecule has 1 aromatic rings. The number of nitrogens with two attached hydrogens (primary N) is 1. The predicted octanol–water partition coefficient (Wildman–Crippen LogP) is -0.610. The number of aliphatic hydroxyl groups excluding tert-OH is 1. The lowest BCUT2D eigenvalue weighted by atomic mass is 10.00. The van der Waals surface area contributed by atoms with Crippen LogP contribution >= 0.6 is 0 Å². The molecule has 1 atom stereocenters. The molecular weight excluding hydrogens is 292 g/mol. The predicted molar refractivity (Wildman–Crippen MR) is 75.7 cm³/mol. The van der Waals surface area contributed by atoms with Crippen molar-refractivity contribution in [1.82, 2.24) is 4.90 Å². The number of aromatic hydroxyl groups is 1. The molecule has 22 heavy (non-hydrogen) atoms. The number of carbonyl (C=O) groups is 2. The molecule has 2 rings (SSSR count). The van der Waals surface area contributed by atoms with Crippen LogP contribution in [0.2, 0.25) is 0 Å². The summed E-state index contributed by atoms with van der Waals surface area (Å²) in [5.74, 6) is -2.03. The van der Waals surface area contributed by atoms with Crippen LogP contribution in [0, 0.1) is 0 Å². The zero-order valence-corrected chi connectivity index (χ0v) is 12.0. The van der Waals surface area contributed by atoms with E-state index in [4.69, 9.17) is 20.7 Å². The Labute approximate surface area is 126 Å². The van der Waals surface area contributed by atoms with Crippen LogP contribution in [-0.2, 0) is 4.79 Å². The van der Waals surface area contributed by atoms with Crippen LogP contribution < -0.4 is 10.5 Å². The largest absolute Gasteiger partial charge is 0.507 e. The molecule has 0 bridgehead atoms. The second-order valence-corrected chi connectivity index (χ2v) is 5.48. The molecule has 1 amide bonds. The van der Waals surface area contributed by atoms with Gasteiger partial charge in [-0.3, -0.25) is 4.79 Å². The van der Waals surface area contributed by atoms with Gasteiger partial charge in [-0.2, -0.15) is 0 Å². The minimum atomic E-state index is -1.35. The number of likely N-dealkylation sites (tertiary alicyclic amines) is 1. The summed E-state index contributed by atoms with van der Waals surface area (Å²) in [5.41, 5.74) is 4.00. The second kappa shape index (κ2) is 5.82. The fraction of sp³-hybridized carbons (Fsp3) is 0.429. The van der Waals surface area contributed by atoms with E-state index in [1.165, 1.54) is 30.0 Å². The van der Waals surface area contributed by atoms with Crippen LogP contribution in [0.1, 0.15) is 17.3 Å². The van der Waals surface area contributed by atoms with Crippen molar-refractivity contribution in [1.29, 1.82) is 0 Å². The van der Waals surface area contributed by atoms with Crippen molar-refractivity contribution in [3.63, 3.8) is 0 Å². The van der Waals surface area contributed by atoms with E-state index < -0.39 is 30.1 Å². The minimum absolute atomic E-state index is 0.0438. The monoisotopic (exact) mass is 310 g/mol. The minimum Gasteiger partial charge on any atom is -0.507 e. The Morgan fingerprint density at radius 3 is 2.64 bits per heavy atom. The molecule has 1 aliphatic rings. The molecule has 0 aliphatic carbocycles. The highest BCUT2D eigenvalue weighted by Crippen LogP contribution is 2.29. The summed E-state index contributed by atoms with van der Waals surface area (Å²) < 4.78 is 5.51. The van der Waals surface area contributed by atoms with Crippen molar-refractivity contribution in [3.8, 4) is 11.5 Å². The van der Waals surface area contributed by atoms with Crippen molar-refractivity contribution in [2.45, 2.75) is 18.6 Å². The fourth-order valence-electron chi connectivity index (χ4n) is 2.12. The number of carbonyl (C=O) groups excluding carboxylic acids is 1. The Bertz CT molecular complexity index is 595. The molecule has 1 aromatic carbocycles. The van der Waals surface area contributed by atoms with Crippen LogP contribution in [-0.4, -0.2) is 63.4 Å². The SMILES string of the molecule is C[C@@](N)(CO)C(=O)N1CC(Oc2cccc(O)c2C(=O)O)C1. The Morgan fingerprint density at radius 2 is 2.09 bits per heavy atom. The van der Waals surface area contributed by atoms with Gasteiger partial charge in [-0.25, -0.2) is 4.79 Å². The summed E-state index contributed by atoms with van der Waals surface area (Å²) in [5, 5.41) is 27.7. The second-order valence-electron chi connectivity index (χ2n) is 5.48. The van der Waals surface area contributed by atoms with Gasteiger partial charge < -0.3 is 30.7 Å². The number of carboxylic acids is 1. The van der Waals surface area contributed by atoms with Crippen molar-refractivity contribution in [2.24, 2.45) is 5.73 Å².